The average molecular weight is 180 g/mol. The molecule has 0 aliphatic carbocycles. The van der Waals surface area contributed by atoms with E-state index in [-0.39, 0.29) is 5.69 Å². The second-order valence-electron chi connectivity index (χ2n) is 2.79. The van der Waals surface area contributed by atoms with Gasteiger partial charge in [0.15, 0.2) is 0 Å². The van der Waals surface area contributed by atoms with E-state index in [1.54, 1.807) is 12.1 Å². The summed E-state index contributed by atoms with van der Waals surface area (Å²) in [5, 5.41) is 10.3. The fourth-order valence-electron chi connectivity index (χ4n) is 1.01. The van der Waals surface area contributed by atoms with Gasteiger partial charge < -0.3 is 4.90 Å². The van der Waals surface area contributed by atoms with Gasteiger partial charge in [0.25, 0.3) is 5.69 Å². The molecule has 0 fully saturated rings. The van der Waals surface area contributed by atoms with Gasteiger partial charge in [-0.25, -0.2) is 0 Å². The predicted octanol–water partition coefficient (Wildman–Crippen LogP) is 2.05. The van der Waals surface area contributed by atoms with Crippen LogP contribution < -0.4 is 4.90 Å². The van der Waals surface area contributed by atoms with Crippen LogP contribution in [0.5, 0.6) is 0 Å². The minimum absolute atomic E-state index is 0.133. The van der Waals surface area contributed by atoms with Gasteiger partial charge >= 0.3 is 0 Å². The third kappa shape index (κ3) is 2.18. The number of benzene rings is 1. The molecule has 0 spiro atoms. The number of anilines is 1. The summed E-state index contributed by atoms with van der Waals surface area (Å²) in [6.07, 6.45) is 0. The van der Waals surface area contributed by atoms with E-state index in [9.17, 15) is 10.1 Å². The number of rotatable bonds is 3. The maximum atomic E-state index is 10.3. The monoisotopic (exact) mass is 180 g/mol. The Bertz CT molecular complexity index is 295. The molecular formula is C9H12N2O2. The summed E-state index contributed by atoms with van der Waals surface area (Å²) in [6, 6.07) is 6.53. The van der Waals surface area contributed by atoms with E-state index in [0.717, 1.165) is 12.2 Å². The SMILES string of the molecule is CCN(C)c1ccc([N+](=O)[O-])cc1. The van der Waals surface area contributed by atoms with Crippen molar-refractivity contribution in [1.82, 2.24) is 0 Å². The molecule has 13 heavy (non-hydrogen) atoms. The van der Waals surface area contributed by atoms with Crippen LogP contribution in [0.15, 0.2) is 24.3 Å². The number of nitro groups is 1. The van der Waals surface area contributed by atoms with E-state index in [1.165, 1.54) is 12.1 Å². The molecule has 4 heteroatoms. The van der Waals surface area contributed by atoms with Gasteiger partial charge in [-0.3, -0.25) is 10.1 Å². The molecule has 0 saturated carbocycles. The van der Waals surface area contributed by atoms with Crippen LogP contribution in [0, 0.1) is 10.1 Å². The van der Waals surface area contributed by atoms with Gasteiger partial charge in [0.1, 0.15) is 0 Å². The van der Waals surface area contributed by atoms with E-state index < -0.39 is 4.92 Å². The van der Waals surface area contributed by atoms with Gasteiger partial charge in [0, 0.05) is 31.4 Å². The van der Waals surface area contributed by atoms with Crippen molar-refractivity contribution in [1.29, 1.82) is 0 Å². The molecule has 0 saturated heterocycles. The number of non-ortho nitro benzene ring substituents is 1. The van der Waals surface area contributed by atoms with Crippen LogP contribution in [0.25, 0.3) is 0 Å². The quantitative estimate of drug-likeness (QED) is 0.528. The fraction of sp³-hybridized carbons (Fsp3) is 0.333. The van der Waals surface area contributed by atoms with Gasteiger partial charge in [-0.2, -0.15) is 0 Å². The Balaban J connectivity index is 2.87. The van der Waals surface area contributed by atoms with E-state index in [1.807, 2.05) is 18.9 Å². The molecule has 0 heterocycles. The highest BCUT2D eigenvalue weighted by atomic mass is 16.6. The molecule has 0 atom stereocenters. The Kier molecular flexibility index (Phi) is 2.84. The lowest BCUT2D eigenvalue weighted by molar-refractivity contribution is -0.384. The lowest BCUT2D eigenvalue weighted by Crippen LogP contribution is -2.15. The number of hydrogen-bond donors (Lipinski definition) is 0. The second-order valence-corrected chi connectivity index (χ2v) is 2.79. The summed E-state index contributed by atoms with van der Waals surface area (Å²) >= 11 is 0. The molecular weight excluding hydrogens is 168 g/mol. The van der Waals surface area contributed by atoms with Gasteiger partial charge in [-0.1, -0.05) is 0 Å². The van der Waals surface area contributed by atoms with Crippen molar-refractivity contribution in [2.45, 2.75) is 6.92 Å². The van der Waals surface area contributed by atoms with E-state index in [0.29, 0.717) is 0 Å². The van der Waals surface area contributed by atoms with Crippen LogP contribution in [0.2, 0.25) is 0 Å². The minimum atomic E-state index is -0.393. The van der Waals surface area contributed by atoms with Gasteiger partial charge in [-0.05, 0) is 19.1 Å². The summed E-state index contributed by atoms with van der Waals surface area (Å²) in [5.74, 6) is 0. The Labute approximate surface area is 76.9 Å². The maximum Gasteiger partial charge on any atom is 0.269 e. The van der Waals surface area contributed by atoms with Crippen LogP contribution in [0.1, 0.15) is 6.92 Å². The summed E-state index contributed by atoms with van der Waals surface area (Å²) in [7, 11) is 1.95. The molecule has 0 N–H and O–H groups in total. The van der Waals surface area contributed by atoms with Crippen LogP contribution in [-0.2, 0) is 0 Å². The molecule has 4 nitrogen and oxygen atoms in total. The number of hydrogen-bond acceptors (Lipinski definition) is 3. The molecule has 1 aromatic carbocycles. The molecule has 70 valence electrons. The summed E-state index contributed by atoms with van der Waals surface area (Å²) in [6.45, 7) is 2.92. The first kappa shape index (κ1) is 9.51. The first-order valence-corrected chi connectivity index (χ1v) is 4.10. The van der Waals surface area contributed by atoms with Crippen molar-refractivity contribution in [2.75, 3.05) is 18.5 Å². The first-order valence-electron chi connectivity index (χ1n) is 4.10. The lowest BCUT2D eigenvalue weighted by Gasteiger charge is -2.15. The highest BCUT2D eigenvalue weighted by Gasteiger charge is 2.04. The Morgan fingerprint density at radius 2 is 1.92 bits per heavy atom. The third-order valence-corrected chi connectivity index (χ3v) is 1.98. The topological polar surface area (TPSA) is 46.4 Å². The molecule has 0 aliphatic heterocycles. The minimum Gasteiger partial charge on any atom is -0.375 e. The van der Waals surface area contributed by atoms with Gasteiger partial charge in [-0.15, -0.1) is 0 Å². The summed E-state index contributed by atoms with van der Waals surface area (Å²) < 4.78 is 0. The normalized spacial score (nSPS) is 9.69. The molecule has 1 aromatic rings. The second kappa shape index (κ2) is 3.89. The van der Waals surface area contributed by atoms with Crippen LogP contribution in [0.3, 0.4) is 0 Å². The lowest BCUT2D eigenvalue weighted by atomic mass is 10.2. The van der Waals surface area contributed by atoms with Crippen LogP contribution in [-0.4, -0.2) is 18.5 Å². The zero-order valence-electron chi connectivity index (χ0n) is 7.73. The van der Waals surface area contributed by atoms with Crippen molar-refractivity contribution in [3.8, 4) is 0 Å². The number of nitro benzene ring substituents is 1. The first-order chi connectivity index (χ1) is 6.15. The largest absolute Gasteiger partial charge is 0.375 e. The van der Waals surface area contributed by atoms with Crippen molar-refractivity contribution >= 4 is 11.4 Å². The predicted molar refractivity (Wildman–Crippen MR) is 52.0 cm³/mol. The Morgan fingerprint density at radius 3 is 2.31 bits per heavy atom. The van der Waals surface area contributed by atoms with E-state index in [4.69, 9.17) is 0 Å². The van der Waals surface area contributed by atoms with E-state index >= 15 is 0 Å². The zero-order chi connectivity index (χ0) is 9.84. The Morgan fingerprint density at radius 1 is 1.38 bits per heavy atom. The summed E-state index contributed by atoms with van der Waals surface area (Å²) in [5.41, 5.74) is 1.13. The van der Waals surface area contributed by atoms with Gasteiger partial charge in [0.2, 0.25) is 0 Å². The molecule has 0 radical (unpaired) electrons. The van der Waals surface area contributed by atoms with Crippen molar-refractivity contribution < 1.29 is 4.92 Å². The molecule has 1 rings (SSSR count). The van der Waals surface area contributed by atoms with Crippen molar-refractivity contribution in [3.05, 3.63) is 34.4 Å². The average Bonchev–Trinajstić information content (AvgIpc) is 2.17. The summed E-state index contributed by atoms with van der Waals surface area (Å²) in [4.78, 5) is 12.0. The molecule has 0 aliphatic rings. The standard InChI is InChI=1S/C9H12N2O2/c1-3-10(2)8-4-6-9(7-5-8)11(12)13/h4-7H,3H2,1-2H3. The van der Waals surface area contributed by atoms with Gasteiger partial charge in [0.05, 0.1) is 4.92 Å². The van der Waals surface area contributed by atoms with Crippen LogP contribution in [0.4, 0.5) is 11.4 Å². The molecule has 0 unspecified atom stereocenters. The maximum absolute atomic E-state index is 10.3. The fourth-order valence-corrected chi connectivity index (χ4v) is 1.01. The molecule has 0 bridgehead atoms. The van der Waals surface area contributed by atoms with E-state index in [2.05, 4.69) is 0 Å². The third-order valence-electron chi connectivity index (χ3n) is 1.98. The zero-order valence-corrected chi connectivity index (χ0v) is 7.73. The smallest absolute Gasteiger partial charge is 0.269 e. The van der Waals surface area contributed by atoms with Crippen LogP contribution >= 0.6 is 0 Å². The number of nitrogens with zero attached hydrogens (tertiary/aromatic N) is 2. The molecule has 0 amide bonds. The molecule has 0 aromatic heterocycles. The van der Waals surface area contributed by atoms with Crippen molar-refractivity contribution in [2.24, 2.45) is 0 Å². The van der Waals surface area contributed by atoms with Crippen molar-refractivity contribution in [3.63, 3.8) is 0 Å². The Hall–Kier alpha value is -1.58. The highest BCUT2D eigenvalue weighted by molar-refractivity contribution is 5.50. The highest BCUT2D eigenvalue weighted by Crippen LogP contribution is 2.17.